The maximum atomic E-state index is 6.24. The van der Waals surface area contributed by atoms with Crippen LogP contribution in [-0.2, 0) is 11.2 Å². The second-order valence-corrected chi connectivity index (χ2v) is 8.72. The van der Waals surface area contributed by atoms with Crippen molar-refractivity contribution in [1.82, 2.24) is 19.9 Å². The zero-order valence-corrected chi connectivity index (χ0v) is 17.5. The molecule has 0 saturated carbocycles. The number of nitrogens with two attached hydrogens (primary N) is 1. The summed E-state index contributed by atoms with van der Waals surface area (Å²) in [5.41, 5.74) is 3.29. The Kier molecular flexibility index (Phi) is 5.15. The lowest BCUT2D eigenvalue weighted by Gasteiger charge is -2.19. The normalized spacial score (nSPS) is 11.7. The SMILES string of the molecule is CC(C)(C)c1ccc(-c2nnc(SCc3ncc(-c4ccccc4)o3)n2N)cc1. The lowest BCUT2D eigenvalue weighted by atomic mass is 9.87. The summed E-state index contributed by atoms with van der Waals surface area (Å²) in [4.78, 5) is 4.35. The van der Waals surface area contributed by atoms with Crippen LogP contribution in [0.2, 0.25) is 0 Å². The van der Waals surface area contributed by atoms with Crippen molar-refractivity contribution in [3.05, 3.63) is 72.2 Å². The number of hydrogen-bond donors (Lipinski definition) is 1. The highest BCUT2D eigenvalue weighted by atomic mass is 32.2. The highest BCUT2D eigenvalue weighted by Gasteiger charge is 2.16. The second-order valence-electron chi connectivity index (χ2n) is 7.78. The maximum absolute atomic E-state index is 6.24. The van der Waals surface area contributed by atoms with Crippen LogP contribution in [0.25, 0.3) is 22.7 Å². The van der Waals surface area contributed by atoms with Crippen molar-refractivity contribution in [2.24, 2.45) is 0 Å². The van der Waals surface area contributed by atoms with E-state index in [1.807, 2.05) is 42.5 Å². The molecule has 4 rings (SSSR count). The van der Waals surface area contributed by atoms with Gasteiger partial charge >= 0.3 is 0 Å². The van der Waals surface area contributed by atoms with E-state index in [-0.39, 0.29) is 5.41 Å². The summed E-state index contributed by atoms with van der Waals surface area (Å²) in [6.07, 6.45) is 1.74. The van der Waals surface area contributed by atoms with E-state index in [1.54, 1.807) is 6.20 Å². The van der Waals surface area contributed by atoms with Gasteiger partial charge in [0.15, 0.2) is 11.6 Å². The predicted octanol–water partition coefficient (Wildman–Crippen LogP) is 4.90. The molecule has 148 valence electrons. The molecule has 4 aromatic rings. The van der Waals surface area contributed by atoms with Gasteiger partial charge < -0.3 is 10.3 Å². The fraction of sp³-hybridized carbons (Fsp3) is 0.227. The molecule has 0 saturated heterocycles. The van der Waals surface area contributed by atoms with Gasteiger partial charge in [0, 0.05) is 11.1 Å². The first-order chi connectivity index (χ1) is 13.9. The second kappa shape index (κ2) is 7.75. The number of rotatable bonds is 5. The Balaban J connectivity index is 1.46. The fourth-order valence-electron chi connectivity index (χ4n) is 2.93. The number of hydrogen-bond acceptors (Lipinski definition) is 6. The van der Waals surface area contributed by atoms with Gasteiger partial charge in [0.1, 0.15) is 0 Å². The number of benzene rings is 2. The van der Waals surface area contributed by atoms with Gasteiger partial charge in [-0.2, -0.15) is 0 Å². The lowest BCUT2D eigenvalue weighted by Crippen LogP contribution is -2.12. The van der Waals surface area contributed by atoms with Crippen molar-refractivity contribution in [3.63, 3.8) is 0 Å². The number of thioether (sulfide) groups is 1. The highest BCUT2D eigenvalue weighted by Crippen LogP contribution is 2.28. The molecule has 0 aliphatic carbocycles. The maximum Gasteiger partial charge on any atom is 0.210 e. The summed E-state index contributed by atoms with van der Waals surface area (Å²) in [5, 5.41) is 9.09. The van der Waals surface area contributed by atoms with Crippen LogP contribution < -0.4 is 5.84 Å². The van der Waals surface area contributed by atoms with Crippen LogP contribution in [0.1, 0.15) is 32.2 Å². The molecule has 0 unspecified atom stereocenters. The molecule has 7 heteroatoms. The van der Waals surface area contributed by atoms with Crippen LogP contribution in [0.4, 0.5) is 0 Å². The third-order valence-electron chi connectivity index (χ3n) is 4.61. The van der Waals surface area contributed by atoms with Gasteiger partial charge in [0.05, 0.1) is 11.9 Å². The summed E-state index contributed by atoms with van der Waals surface area (Å²) in [7, 11) is 0. The van der Waals surface area contributed by atoms with Crippen molar-refractivity contribution in [2.75, 3.05) is 5.84 Å². The minimum absolute atomic E-state index is 0.102. The Labute approximate surface area is 174 Å². The Morgan fingerprint density at radius 2 is 1.69 bits per heavy atom. The zero-order chi connectivity index (χ0) is 20.4. The van der Waals surface area contributed by atoms with Crippen molar-refractivity contribution in [2.45, 2.75) is 37.1 Å². The monoisotopic (exact) mass is 405 g/mol. The molecule has 0 aliphatic rings. The number of nitrogen functional groups attached to an aromatic ring is 1. The summed E-state index contributed by atoms with van der Waals surface area (Å²) in [6, 6.07) is 18.2. The number of aromatic nitrogens is 4. The molecule has 0 spiro atoms. The topological polar surface area (TPSA) is 82.8 Å². The van der Waals surface area contributed by atoms with Gasteiger partial charge in [-0.3, -0.25) is 0 Å². The fourth-order valence-corrected chi connectivity index (χ4v) is 3.64. The van der Waals surface area contributed by atoms with E-state index in [2.05, 4.69) is 48.1 Å². The van der Waals surface area contributed by atoms with Gasteiger partial charge in [0.2, 0.25) is 11.0 Å². The molecule has 0 aliphatic heterocycles. The Hall–Kier alpha value is -3.06. The minimum Gasteiger partial charge on any atom is -0.440 e. The molecule has 0 radical (unpaired) electrons. The van der Waals surface area contributed by atoms with E-state index in [9.17, 15) is 0 Å². The first-order valence-corrected chi connectivity index (χ1v) is 10.3. The summed E-state index contributed by atoms with van der Waals surface area (Å²) in [6.45, 7) is 6.57. The molecule has 2 aromatic heterocycles. The van der Waals surface area contributed by atoms with Crippen LogP contribution in [0.5, 0.6) is 0 Å². The summed E-state index contributed by atoms with van der Waals surface area (Å²) in [5.74, 6) is 8.75. The van der Waals surface area contributed by atoms with E-state index in [1.165, 1.54) is 22.0 Å². The van der Waals surface area contributed by atoms with Gasteiger partial charge in [-0.05, 0) is 11.0 Å². The molecule has 2 N–H and O–H groups in total. The van der Waals surface area contributed by atoms with Crippen molar-refractivity contribution >= 4 is 11.8 Å². The van der Waals surface area contributed by atoms with Crippen molar-refractivity contribution in [3.8, 4) is 22.7 Å². The first kappa shape index (κ1) is 19.3. The number of nitrogens with zero attached hydrogens (tertiary/aromatic N) is 4. The Bertz CT molecular complexity index is 1090. The average Bonchev–Trinajstić information content (AvgIpc) is 3.33. The van der Waals surface area contributed by atoms with E-state index < -0.39 is 0 Å². The standard InChI is InChI=1S/C22H23N5OS/c1-22(2,3)17-11-9-16(10-12-17)20-25-26-21(27(20)23)29-14-19-24-13-18(28-19)15-7-5-4-6-8-15/h4-13H,14,23H2,1-3H3. The molecule has 2 heterocycles. The minimum atomic E-state index is 0.102. The molecule has 6 nitrogen and oxygen atoms in total. The molecule has 2 aromatic carbocycles. The van der Waals surface area contributed by atoms with Gasteiger partial charge in [0.25, 0.3) is 0 Å². The molecule has 0 atom stereocenters. The molecular weight excluding hydrogens is 382 g/mol. The van der Waals surface area contributed by atoms with Crippen LogP contribution in [-0.4, -0.2) is 19.9 Å². The van der Waals surface area contributed by atoms with Crippen molar-refractivity contribution < 1.29 is 4.42 Å². The van der Waals surface area contributed by atoms with Crippen LogP contribution in [0, 0.1) is 0 Å². The van der Waals surface area contributed by atoms with Gasteiger partial charge in [-0.1, -0.05) is 87.1 Å². The Morgan fingerprint density at radius 1 is 0.966 bits per heavy atom. The van der Waals surface area contributed by atoms with Crippen LogP contribution in [0.3, 0.4) is 0 Å². The van der Waals surface area contributed by atoms with Crippen LogP contribution >= 0.6 is 11.8 Å². The third kappa shape index (κ3) is 4.19. The Morgan fingerprint density at radius 3 is 2.38 bits per heavy atom. The smallest absolute Gasteiger partial charge is 0.210 e. The van der Waals surface area contributed by atoms with E-state index in [0.717, 1.165) is 16.9 Å². The summed E-state index contributed by atoms with van der Waals surface area (Å²) < 4.78 is 7.35. The molecule has 0 bridgehead atoms. The molecule has 0 fully saturated rings. The first-order valence-electron chi connectivity index (χ1n) is 9.36. The quantitative estimate of drug-likeness (QED) is 0.375. The van der Waals surface area contributed by atoms with Gasteiger partial charge in [-0.15, -0.1) is 10.2 Å². The predicted molar refractivity (Wildman–Crippen MR) is 116 cm³/mol. The third-order valence-corrected chi connectivity index (χ3v) is 5.54. The molecular formula is C22H23N5OS. The van der Waals surface area contributed by atoms with E-state index in [4.69, 9.17) is 10.3 Å². The van der Waals surface area contributed by atoms with Crippen molar-refractivity contribution in [1.29, 1.82) is 0 Å². The zero-order valence-electron chi connectivity index (χ0n) is 16.7. The van der Waals surface area contributed by atoms with Crippen LogP contribution in [0.15, 0.2) is 70.4 Å². The highest BCUT2D eigenvalue weighted by molar-refractivity contribution is 7.98. The average molecular weight is 406 g/mol. The lowest BCUT2D eigenvalue weighted by molar-refractivity contribution is 0.529. The summed E-state index contributed by atoms with van der Waals surface area (Å²) >= 11 is 1.44. The van der Waals surface area contributed by atoms with Gasteiger partial charge in [-0.25, -0.2) is 9.66 Å². The van der Waals surface area contributed by atoms with E-state index in [0.29, 0.717) is 22.6 Å². The van der Waals surface area contributed by atoms with E-state index >= 15 is 0 Å². The molecule has 0 amide bonds. The largest absolute Gasteiger partial charge is 0.440 e. The number of oxazole rings is 1. The molecule has 29 heavy (non-hydrogen) atoms.